The molecule has 0 aliphatic carbocycles. The summed E-state index contributed by atoms with van der Waals surface area (Å²) in [6, 6.07) is 6.56. The van der Waals surface area contributed by atoms with Crippen LogP contribution in [0.5, 0.6) is 0 Å². The van der Waals surface area contributed by atoms with E-state index in [-0.39, 0.29) is 11.4 Å². The fraction of sp³-hybridized carbons (Fsp3) is 0.471. The Hall–Kier alpha value is -1.68. The van der Waals surface area contributed by atoms with Crippen molar-refractivity contribution < 1.29 is 4.39 Å². The van der Waals surface area contributed by atoms with Crippen molar-refractivity contribution in [2.24, 2.45) is 0 Å². The lowest BCUT2D eigenvalue weighted by Crippen LogP contribution is -2.36. The molecule has 1 aromatic carbocycles. The van der Waals surface area contributed by atoms with E-state index in [1.54, 1.807) is 12.1 Å². The van der Waals surface area contributed by atoms with Crippen molar-refractivity contribution in [3.05, 3.63) is 53.6 Å². The molecule has 0 aliphatic heterocycles. The van der Waals surface area contributed by atoms with Crippen molar-refractivity contribution in [2.45, 2.75) is 45.7 Å². The van der Waals surface area contributed by atoms with Gasteiger partial charge < -0.3 is 5.32 Å². The molecule has 0 bridgehead atoms. The number of rotatable bonds is 6. The molecule has 0 atom stereocenters. The molecule has 2 aromatic rings. The van der Waals surface area contributed by atoms with Crippen molar-refractivity contribution in [3.8, 4) is 0 Å². The molecule has 0 aliphatic rings. The van der Waals surface area contributed by atoms with Gasteiger partial charge in [0.25, 0.3) is 0 Å². The van der Waals surface area contributed by atoms with Crippen LogP contribution < -0.4 is 5.32 Å². The molecule has 21 heavy (non-hydrogen) atoms. The van der Waals surface area contributed by atoms with Gasteiger partial charge in [-0.2, -0.15) is 5.10 Å². The van der Waals surface area contributed by atoms with Crippen LogP contribution >= 0.6 is 0 Å². The van der Waals surface area contributed by atoms with E-state index in [2.05, 4.69) is 37.4 Å². The molecule has 0 unspecified atom stereocenters. The van der Waals surface area contributed by atoms with E-state index in [1.165, 1.54) is 17.7 Å². The molecular formula is C17H24FN3. The Balaban J connectivity index is 1.80. The van der Waals surface area contributed by atoms with Gasteiger partial charge in [-0.25, -0.2) is 4.39 Å². The summed E-state index contributed by atoms with van der Waals surface area (Å²) >= 11 is 0. The predicted octanol–water partition coefficient (Wildman–Crippen LogP) is 3.39. The van der Waals surface area contributed by atoms with Crippen LogP contribution in [0.3, 0.4) is 0 Å². The number of nitrogens with one attached hydrogen (secondary N) is 1. The second kappa shape index (κ2) is 6.85. The molecular weight excluding hydrogens is 265 g/mol. The Morgan fingerprint density at radius 1 is 1.14 bits per heavy atom. The lowest BCUT2D eigenvalue weighted by atomic mass is 10.1. The fourth-order valence-electron chi connectivity index (χ4n) is 2.15. The number of hydrogen-bond donors (Lipinski definition) is 1. The van der Waals surface area contributed by atoms with Crippen LogP contribution in [0.15, 0.2) is 36.7 Å². The first-order valence-electron chi connectivity index (χ1n) is 7.43. The molecule has 0 spiro atoms. The van der Waals surface area contributed by atoms with E-state index in [0.29, 0.717) is 6.54 Å². The zero-order chi connectivity index (χ0) is 15.3. The molecule has 3 nitrogen and oxygen atoms in total. The first-order chi connectivity index (χ1) is 9.92. The van der Waals surface area contributed by atoms with Gasteiger partial charge >= 0.3 is 0 Å². The molecule has 0 amide bonds. The van der Waals surface area contributed by atoms with E-state index >= 15 is 0 Å². The lowest BCUT2D eigenvalue weighted by Gasteiger charge is -2.20. The smallest absolute Gasteiger partial charge is 0.123 e. The molecule has 0 saturated heterocycles. The first-order valence-corrected chi connectivity index (χ1v) is 7.43. The van der Waals surface area contributed by atoms with Gasteiger partial charge in [-0.1, -0.05) is 12.1 Å². The highest BCUT2D eigenvalue weighted by atomic mass is 19.1. The van der Waals surface area contributed by atoms with Crippen LogP contribution in [0, 0.1) is 5.82 Å². The number of hydrogen-bond acceptors (Lipinski definition) is 2. The zero-order valence-corrected chi connectivity index (χ0v) is 13.1. The molecule has 0 radical (unpaired) electrons. The number of benzene rings is 1. The van der Waals surface area contributed by atoms with Gasteiger partial charge in [-0.15, -0.1) is 0 Å². The maximum absolute atomic E-state index is 12.9. The van der Waals surface area contributed by atoms with Crippen LogP contribution in [-0.2, 0) is 13.0 Å². The fourth-order valence-corrected chi connectivity index (χ4v) is 2.15. The minimum absolute atomic E-state index is 0.173. The van der Waals surface area contributed by atoms with Crippen molar-refractivity contribution in [1.82, 2.24) is 15.1 Å². The summed E-state index contributed by atoms with van der Waals surface area (Å²) < 4.78 is 14.8. The molecule has 1 N–H and O–H groups in total. The van der Waals surface area contributed by atoms with Gasteiger partial charge in [0.2, 0.25) is 0 Å². The third kappa shape index (κ3) is 5.68. The second-order valence-electron chi connectivity index (χ2n) is 6.45. The Morgan fingerprint density at radius 2 is 1.86 bits per heavy atom. The van der Waals surface area contributed by atoms with Gasteiger partial charge in [0, 0.05) is 11.7 Å². The second-order valence-corrected chi connectivity index (χ2v) is 6.45. The number of nitrogens with zero attached hydrogens (tertiary/aromatic N) is 2. The van der Waals surface area contributed by atoms with E-state index in [4.69, 9.17) is 0 Å². The molecule has 114 valence electrons. The molecule has 2 rings (SSSR count). The van der Waals surface area contributed by atoms with Gasteiger partial charge in [-0.05, 0) is 63.4 Å². The minimum Gasteiger partial charge on any atom is -0.312 e. The normalized spacial score (nSPS) is 11.8. The topological polar surface area (TPSA) is 29.9 Å². The Kier molecular flexibility index (Phi) is 5.12. The molecule has 1 heterocycles. The molecule has 0 saturated carbocycles. The standard InChI is InChI=1S/C17H24FN3/c1-17(2,3)19-10-4-5-15-11-20-21(13-15)12-14-6-8-16(18)9-7-14/h6-9,11,13,19H,4-5,10,12H2,1-3H3. The van der Waals surface area contributed by atoms with Gasteiger partial charge in [0.1, 0.15) is 5.82 Å². The van der Waals surface area contributed by atoms with E-state index in [0.717, 1.165) is 24.9 Å². The third-order valence-electron chi connectivity index (χ3n) is 3.24. The summed E-state index contributed by atoms with van der Waals surface area (Å²) in [7, 11) is 0. The van der Waals surface area contributed by atoms with Crippen LogP contribution in [0.1, 0.15) is 38.3 Å². The summed E-state index contributed by atoms with van der Waals surface area (Å²) in [4.78, 5) is 0. The number of aryl methyl sites for hydroxylation is 1. The van der Waals surface area contributed by atoms with E-state index in [1.807, 2.05) is 10.9 Å². The Morgan fingerprint density at radius 3 is 2.52 bits per heavy atom. The van der Waals surface area contributed by atoms with Gasteiger partial charge in [0.15, 0.2) is 0 Å². The molecule has 0 fully saturated rings. The summed E-state index contributed by atoms with van der Waals surface area (Å²) in [5.41, 5.74) is 2.47. The van der Waals surface area contributed by atoms with Crippen molar-refractivity contribution in [3.63, 3.8) is 0 Å². The highest BCUT2D eigenvalue weighted by Gasteiger charge is 2.07. The summed E-state index contributed by atoms with van der Waals surface area (Å²) in [6.45, 7) is 8.21. The SMILES string of the molecule is CC(C)(C)NCCCc1cnn(Cc2ccc(F)cc2)c1. The van der Waals surface area contributed by atoms with Crippen molar-refractivity contribution in [1.29, 1.82) is 0 Å². The van der Waals surface area contributed by atoms with Crippen molar-refractivity contribution >= 4 is 0 Å². The summed E-state index contributed by atoms with van der Waals surface area (Å²) in [5, 5.41) is 7.85. The van der Waals surface area contributed by atoms with E-state index < -0.39 is 0 Å². The average molecular weight is 289 g/mol. The monoisotopic (exact) mass is 289 g/mol. The highest BCUT2D eigenvalue weighted by molar-refractivity contribution is 5.16. The van der Waals surface area contributed by atoms with Gasteiger partial charge in [-0.3, -0.25) is 4.68 Å². The largest absolute Gasteiger partial charge is 0.312 e. The Bertz CT molecular complexity index is 552. The third-order valence-corrected chi connectivity index (χ3v) is 3.24. The van der Waals surface area contributed by atoms with Crippen molar-refractivity contribution in [2.75, 3.05) is 6.54 Å². The number of halogens is 1. The number of aromatic nitrogens is 2. The lowest BCUT2D eigenvalue weighted by molar-refractivity contribution is 0.422. The van der Waals surface area contributed by atoms with Gasteiger partial charge in [0.05, 0.1) is 12.7 Å². The summed E-state index contributed by atoms with van der Waals surface area (Å²) in [5.74, 6) is -0.203. The summed E-state index contributed by atoms with van der Waals surface area (Å²) in [6.07, 6.45) is 6.10. The highest BCUT2D eigenvalue weighted by Crippen LogP contribution is 2.07. The average Bonchev–Trinajstić information content (AvgIpc) is 2.84. The maximum atomic E-state index is 12.9. The first kappa shape index (κ1) is 15.7. The van der Waals surface area contributed by atoms with E-state index in [9.17, 15) is 4.39 Å². The quantitative estimate of drug-likeness (QED) is 0.826. The predicted molar refractivity (Wildman–Crippen MR) is 83.8 cm³/mol. The maximum Gasteiger partial charge on any atom is 0.123 e. The zero-order valence-electron chi connectivity index (χ0n) is 13.1. The molecule has 4 heteroatoms. The van der Waals surface area contributed by atoms with Crippen LogP contribution in [0.2, 0.25) is 0 Å². The Labute approximate surface area is 126 Å². The molecule has 1 aromatic heterocycles. The van der Waals surface area contributed by atoms with Crippen LogP contribution in [-0.4, -0.2) is 21.9 Å². The minimum atomic E-state index is -0.203. The van der Waals surface area contributed by atoms with Crippen LogP contribution in [0.25, 0.3) is 0 Å². The van der Waals surface area contributed by atoms with Crippen LogP contribution in [0.4, 0.5) is 4.39 Å².